The fraction of sp³-hybridized carbons (Fsp3) is 0.889. The molecule has 0 aromatic rings. The smallest absolute Gasteiger partial charge is 0.220 e. The van der Waals surface area contributed by atoms with Crippen LogP contribution in [0.25, 0.3) is 0 Å². The van der Waals surface area contributed by atoms with E-state index in [1.807, 2.05) is 6.92 Å². The fourth-order valence-corrected chi connectivity index (χ4v) is 5.63. The summed E-state index contributed by atoms with van der Waals surface area (Å²) < 4.78 is 0. The lowest BCUT2D eigenvalue weighted by Crippen LogP contribution is -2.48. The summed E-state index contributed by atoms with van der Waals surface area (Å²) in [5.41, 5.74) is 0.310. The van der Waals surface area contributed by atoms with Crippen molar-refractivity contribution >= 4 is 11.8 Å². The molecule has 0 radical (unpaired) electrons. The second-order valence-corrected chi connectivity index (χ2v) is 8.04. The second kappa shape index (κ2) is 6.59. The van der Waals surface area contributed by atoms with Crippen LogP contribution < -0.4 is 10.6 Å². The Morgan fingerprint density at radius 1 is 0.909 bits per heavy atom. The van der Waals surface area contributed by atoms with Gasteiger partial charge in [-0.3, -0.25) is 9.59 Å². The molecule has 22 heavy (non-hydrogen) atoms. The third-order valence-electron chi connectivity index (χ3n) is 5.95. The second-order valence-electron chi connectivity index (χ2n) is 8.04. The molecule has 0 spiro atoms. The van der Waals surface area contributed by atoms with Gasteiger partial charge in [-0.05, 0) is 68.1 Å². The number of amides is 2. The van der Waals surface area contributed by atoms with Crippen molar-refractivity contribution in [3.8, 4) is 0 Å². The molecule has 0 aliphatic heterocycles. The molecular formula is C18H30N2O2. The van der Waals surface area contributed by atoms with Gasteiger partial charge in [0.1, 0.15) is 0 Å². The SMILES string of the molecule is CCCC(=O)NCCNC(=O)CC12CC3CC(CC(C3)C1)C2. The molecule has 0 unspecified atom stereocenters. The van der Waals surface area contributed by atoms with Gasteiger partial charge in [0.2, 0.25) is 11.8 Å². The van der Waals surface area contributed by atoms with Gasteiger partial charge in [-0.2, -0.15) is 0 Å². The third kappa shape index (κ3) is 3.64. The van der Waals surface area contributed by atoms with E-state index in [-0.39, 0.29) is 11.8 Å². The van der Waals surface area contributed by atoms with Crippen LogP contribution in [0, 0.1) is 23.2 Å². The van der Waals surface area contributed by atoms with Crippen molar-refractivity contribution in [2.24, 2.45) is 23.2 Å². The molecule has 2 amide bonds. The van der Waals surface area contributed by atoms with Crippen LogP contribution in [0.2, 0.25) is 0 Å². The molecule has 0 aromatic heterocycles. The molecule has 4 saturated carbocycles. The van der Waals surface area contributed by atoms with Gasteiger partial charge in [-0.1, -0.05) is 6.92 Å². The first kappa shape index (κ1) is 15.8. The number of hydrogen-bond acceptors (Lipinski definition) is 2. The zero-order chi connectivity index (χ0) is 15.6. The van der Waals surface area contributed by atoms with Gasteiger partial charge in [0, 0.05) is 25.9 Å². The number of hydrogen-bond donors (Lipinski definition) is 2. The highest BCUT2D eigenvalue weighted by Gasteiger charge is 2.51. The fourth-order valence-electron chi connectivity index (χ4n) is 5.63. The van der Waals surface area contributed by atoms with Gasteiger partial charge < -0.3 is 10.6 Å². The standard InChI is InChI=1S/C18H30N2O2/c1-2-3-16(21)19-4-5-20-17(22)12-18-9-13-6-14(10-18)8-15(7-13)11-18/h13-15H,2-12H2,1H3,(H,19,21)(H,20,22). The molecule has 4 nitrogen and oxygen atoms in total. The number of carbonyl (C=O) groups is 2. The van der Waals surface area contributed by atoms with Gasteiger partial charge in [0.25, 0.3) is 0 Å². The van der Waals surface area contributed by atoms with Gasteiger partial charge in [0.05, 0.1) is 0 Å². The summed E-state index contributed by atoms with van der Waals surface area (Å²) in [6, 6.07) is 0. The predicted molar refractivity (Wildman–Crippen MR) is 86.1 cm³/mol. The average Bonchev–Trinajstić information content (AvgIpc) is 2.42. The molecule has 4 aliphatic carbocycles. The topological polar surface area (TPSA) is 58.2 Å². The monoisotopic (exact) mass is 306 g/mol. The van der Waals surface area contributed by atoms with Crippen LogP contribution >= 0.6 is 0 Å². The van der Waals surface area contributed by atoms with E-state index in [0.29, 0.717) is 31.3 Å². The number of rotatable bonds is 7. The van der Waals surface area contributed by atoms with Gasteiger partial charge in [-0.25, -0.2) is 0 Å². The molecule has 0 aromatic carbocycles. The van der Waals surface area contributed by atoms with E-state index in [0.717, 1.165) is 24.2 Å². The van der Waals surface area contributed by atoms with Gasteiger partial charge >= 0.3 is 0 Å². The molecule has 0 atom stereocenters. The summed E-state index contributed by atoms with van der Waals surface area (Å²) in [6.07, 6.45) is 10.2. The zero-order valence-electron chi connectivity index (χ0n) is 13.8. The van der Waals surface area contributed by atoms with Crippen LogP contribution in [0.1, 0.15) is 64.7 Å². The minimum Gasteiger partial charge on any atom is -0.354 e. The van der Waals surface area contributed by atoms with Crippen molar-refractivity contribution < 1.29 is 9.59 Å². The van der Waals surface area contributed by atoms with Crippen molar-refractivity contribution in [2.75, 3.05) is 13.1 Å². The van der Waals surface area contributed by atoms with Crippen LogP contribution in [0.4, 0.5) is 0 Å². The first-order valence-corrected chi connectivity index (χ1v) is 9.12. The summed E-state index contributed by atoms with van der Waals surface area (Å²) in [7, 11) is 0. The van der Waals surface area contributed by atoms with E-state index in [1.165, 1.54) is 38.5 Å². The van der Waals surface area contributed by atoms with Crippen molar-refractivity contribution in [1.29, 1.82) is 0 Å². The lowest BCUT2D eigenvalue weighted by Gasteiger charge is -2.56. The molecule has 124 valence electrons. The minimum atomic E-state index is 0.0813. The van der Waals surface area contributed by atoms with Crippen molar-refractivity contribution in [3.63, 3.8) is 0 Å². The Hall–Kier alpha value is -1.06. The van der Waals surface area contributed by atoms with Crippen molar-refractivity contribution in [3.05, 3.63) is 0 Å². The Morgan fingerprint density at radius 3 is 1.91 bits per heavy atom. The summed E-state index contributed by atoms with van der Waals surface area (Å²) in [4.78, 5) is 23.6. The maximum atomic E-state index is 12.3. The summed E-state index contributed by atoms with van der Waals surface area (Å²) in [5.74, 6) is 2.96. The lowest BCUT2D eigenvalue weighted by molar-refractivity contribution is -0.129. The van der Waals surface area contributed by atoms with Crippen molar-refractivity contribution in [2.45, 2.75) is 64.7 Å². The zero-order valence-corrected chi connectivity index (χ0v) is 13.8. The van der Waals surface area contributed by atoms with E-state index >= 15 is 0 Å². The maximum Gasteiger partial charge on any atom is 0.220 e. The Labute approximate surface area is 133 Å². The quantitative estimate of drug-likeness (QED) is 0.710. The Morgan fingerprint density at radius 2 is 1.41 bits per heavy atom. The Balaban J connectivity index is 1.40. The predicted octanol–water partition coefficient (Wildman–Crippen LogP) is 2.63. The Bertz CT molecular complexity index is 398. The van der Waals surface area contributed by atoms with Crippen LogP contribution in [0.5, 0.6) is 0 Å². The van der Waals surface area contributed by atoms with Gasteiger partial charge in [0.15, 0.2) is 0 Å². The minimum absolute atomic E-state index is 0.0813. The molecule has 4 heteroatoms. The molecule has 0 heterocycles. The maximum absolute atomic E-state index is 12.3. The van der Waals surface area contributed by atoms with Gasteiger partial charge in [-0.15, -0.1) is 0 Å². The molecule has 4 fully saturated rings. The van der Waals surface area contributed by atoms with Crippen molar-refractivity contribution in [1.82, 2.24) is 10.6 Å². The van der Waals surface area contributed by atoms with Crippen LogP contribution in [-0.2, 0) is 9.59 Å². The summed E-state index contributed by atoms with van der Waals surface area (Å²) in [5, 5.41) is 5.85. The highest BCUT2D eigenvalue weighted by atomic mass is 16.2. The number of nitrogens with one attached hydrogen (secondary N) is 2. The van der Waals surface area contributed by atoms with Crippen LogP contribution in [-0.4, -0.2) is 24.9 Å². The molecule has 4 bridgehead atoms. The van der Waals surface area contributed by atoms with E-state index in [1.54, 1.807) is 0 Å². The highest BCUT2D eigenvalue weighted by Crippen LogP contribution is 2.61. The van der Waals surface area contributed by atoms with E-state index in [2.05, 4.69) is 10.6 Å². The third-order valence-corrected chi connectivity index (χ3v) is 5.95. The Kier molecular flexibility index (Phi) is 4.74. The summed E-state index contributed by atoms with van der Waals surface area (Å²) in [6.45, 7) is 3.10. The molecular weight excluding hydrogens is 276 g/mol. The summed E-state index contributed by atoms with van der Waals surface area (Å²) >= 11 is 0. The molecule has 2 N–H and O–H groups in total. The first-order chi connectivity index (χ1) is 10.6. The van der Waals surface area contributed by atoms with E-state index in [9.17, 15) is 9.59 Å². The van der Waals surface area contributed by atoms with Crippen LogP contribution in [0.15, 0.2) is 0 Å². The highest BCUT2D eigenvalue weighted by molar-refractivity contribution is 5.77. The van der Waals surface area contributed by atoms with E-state index < -0.39 is 0 Å². The largest absolute Gasteiger partial charge is 0.354 e. The molecule has 4 rings (SSSR count). The van der Waals surface area contributed by atoms with E-state index in [4.69, 9.17) is 0 Å². The molecule has 0 saturated heterocycles. The lowest BCUT2D eigenvalue weighted by atomic mass is 9.49. The molecule has 4 aliphatic rings. The first-order valence-electron chi connectivity index (χ1n) is 9.12. The average molecular weight is 306 g/mol. The number of carbonyl (C=O) groups excluding carboxylic acids is 2. The normalized spacial score (nSPS) is 35.4. The van der Waals surface area contributed by atoms with Crippen LogP contribution in [0.3, 0.4) is 0 Å².